The van der Waals surface area contributed by atoms with Crippen molar-refractivity contribution in [1.29, 1.82) is 0 Å². The number of fused-ring (bicyclic) bond motifs is 8. The Morgan fingerprint density at radius 1 is 0.472 bits per heavy atom. The van der Waals surface area contributed by atoms with Gasteiger partial charge in [-0.3, -0.25) is 0 Å². The summed E-state index contributed by atoms with van der Waals surface area (Å²) in [6.45, 7) is 0. The second-order valence-corrected chi connectivity index (χ2v) is 10.5. The summed E-state index contributed by atoms with van der Waals surface area (Å²) in [7, 11) is 0. The molecular weight excluding hydrogens is 454 g/mol. The van der Waals surface area contributed by atoms with Crippen molar-refractivity contribution in [3.05, 3.63) is 127 Å². The Morgan fingerprint density at radius 2 is 1.22 bits per heavy atom. The van der Waals surface area contributed by atoms with Gasteiger partial charge in [-0.05, 0) is 52.2 Å². The second kappa shape index (κ2) is 7.55. The number of aromatic nitrogens is 1. The zero-order valence-corrected chi connectivity index (χ0v) is 20.3. The third-order valence-electron chi connectivity index (χ3n) is 7.37. The van der Waals surface area contributed by atoms with Crippen LogP contribution < -0.4 is 0 Å². The second-order valence-electron chi connectivity index (χ2n) is 9.40. The molecule has 0 aliphatic carbocycles. The smallest absolute Gasteiger partial charge is 0.0719 e. The molecule has 2 heterocycles. The molecule has 1 nitrogen and oxygen atoms in total. The van der Waals surface area contributed by atoms with Crippen molar-refractivity contribution in [2.45, 2.75) is 0 Å². The SMILES string of the molecule is c1ccc(-c2ccc3ccc(-n4c5ccccc5c5ccc6c7ccccc7sc6c54)cc3c2)cc1. The van der Waals surface area contributed by atoms with Gasteiger partial charge in [-0.15, -0.1) is 11.3 Å². The third-order valence-corrected chi connectivity index (χ3v) is 8.56. The largest absolute Gasteiger partial charge is 0.308 e. The van der Waals surface area contributed by atoms with Crippen LogP contribution in [0.15, 0.2) is 127 Å². The van der Waals surface area contributed by atoms with Crippen LogP contribution in [-0.2, 0) is 0 Å². The van der Waals surface area contributed by atoms with E-state index in [9.17, 15) is 0 Å². The van der Waals surface area contributed by atoms with E-state index in [-0.39, 0.29) is 0 Å². The molecule has 6 aromatic carbocycles. The van der Waals surface area contributed by atoms with E-state index in [1.807, 2.05) is 11.3 Å². The van der Waals surface area contributed by atoms with Crippen LogP contribution >= 0.6 is 11.3 Å². The van der Waals surface area contributed by atoms with Crippen LogP contribution in [0.2, 0.25) is 0 Å². The molecular formula is C34H21NS. The summed E-state index contributed by atoms with van der Waals surface area (Å²) in [5.41, 5.74) is 6.23. The van der Waals surface area contributed by atoms with Gasteiger partial charge in [0.1, 0.15) is 0 Å². The summed E-state index contributed by atoms with van der Waals surface area (Å²) in [6.07, 6.45) is 0. The molecule has 0 saturated carbocycles. The van der Waals surface area contributed by atoms with Gasteiger partial charge in [-0.25, -0.2) is 0 Å². The molecule has 0 atom stereocenters. The van der Waals surface area contributed by atoms with Crippen LogP contribution in [0.3, 0.4) is 0 Å². The highest BCUT2D eigenvalue weighted by Gasteiger charge is 2.17. The Morgan fingerprint density at radius 3 is 2.14 bits per heavy atom. The van der Waals surface area contributed by atoms with Crippen molar-refractivity contribution < 1.29 is 0 Å². The minimum absolute atomic E-state index is 1.20. The van der Waals surface area contributed by atoms with Crippen molar-refractivity contribution in [3.63, 3.8) is 0 Å². The van der Waals surface area contributed by atoms with E-state index in [1.165, 1.54) is 69.6 Å². The van der Waals surface area contributed by atoms with Gasteiger partial charge < -0.3 is 4.57 Å². The maximum Gasteiger partial charge on any atom is 0.0719 e. The average Bonchev–Trinajstić information content (AvgIpc) is 3.49. The van der Waals surface area contributed by atoms with Crippen molar-refractivity contribution in [2.75, 3.05) is 0 Å². The number of nitrogens with zero attached hydrogens (tertiary/aromatic N) is 1. The van der Waals surface area contributed by atoms with Gasteiger partial charge in [0.05, 0.1) is 15.7 Å². The van der Waals surface area contributed by atoms with E-state index in [2.05, 4.69) is 132 Å². The Balaban J connectivity index is 1.47. The molecule has 2 aromatic heterocycles. The first kappa shape index (κ1) is 19.9. The highest BCUT2D eigenvalue weighted by molar-refractivity contribution is 7.26. The number of rotatable bonds is 2. The minimum Gasteiger partial charge on any atom is -0.308 e. The molecule has 0 amide bonds. The Hall–Kier alpha value is -4.40. The van der Waals surface area contributed by atoms with Crippen LogP contribution in [0.25, 0.3) is 69.6 Å². The molecule has 8 aromatic rings. The van der Waals surface area contributed by atoms with Gasteiger partial charge in [0, 0.05) is 31.9 Å². The van der Waals surface area contributed by atoms with E-state index in [1.54, 1.807) is 0 Å². The summed E-state index contributed by atoms with van der Waals surface area (Å²) in [4.78, 5) is 0. The normalized spacial score (nSPS) is 11.9. The fraction of sp³-hybridized carbons (Fsp3) is 0. The van der Waals surface area contributed by atoms with Crippen LogP contribution in [0.4, 0.5) is 0 Å². The molecule has 8 rings (SSSR count). The Kier molecular flexibility index (Phi) is 4.16. The lowest BCUT2D eigenvalue weighted by Gasteiger charge is -2.11. The van der Waals surface area contributed by atoms with Gasteiger partial charge in [0.2, 0.25) is 0 Å². The van der Waals surface area contributed by atoms with Gasteiger partial charge in [-0.1, -0.05) is 97.1 Å². The van der Waals surface area contributed by atoms with Crippen molar-refractivity contribution in [3.8, 4) is 16.8 Å². The van der Waals surface area contributed by atoms with Gasteiger partial charge >= 0.3 is 0 Å². The van der Waals surface area contributed by atoms with E-state index < -0.39 is 0 Å². The van der Waals surface area contributed by atoms with Crippen LogP contribution in [-0.4, -0.2) is 4.57 Å². The van der Waals surface area contributed by atoms with Crippen molar-refractivity contribution >= 4 is 64.1 Å². The molecule has 0 fully saturated rings. The lowest BCUT2D eigenvalue weighted by Crippen LogP contribution is -1.94. The summed E-state index contributed by atoms with van der Waals surface area (Å²) >= 11 is 1.90. The van der Waals surface area contributed by atoms with Crippen molar-refractivity contribution in [1.82, 2.24) is 4.57 Å². The maximum absolute atomic E-state index is 2.47. The zero-order chi connectivity index (χ0) is 23.6. The average molecular weight is 476 g/mol. The van der Waals surface area contributed by atoms with Gasteiger partial charge in [0.25, 0.3) is 0 Å². The van der Waals surface area contributed by atoms with E-state index in [4.69, 9.17) is 0 Å². The van der Waals surface area contributed by atoms with Crippen LogP contribution in [0.1, 0.15) is 0 Å². The molecule has 0 aliphatic rings. The third kappa shape index (κ3) is 2.82. The molecule has 0 N–H and O–H groups in total. The summed E-state index contributed by atoms with van der Waals surface area (Å²) in [5.74, 6) is 0. The van der Waals surface area contributed by atoms with Crippen LogP contribution in [0, 0.1) is 0 Å². The first-order valence-corrected chi connectivity index (χ1v) is 13.1. The lowest BCUT2D eigenvalue weighted by molar-refractivity contribution is 1.19. The van der Waals surface area contributed by atoms with E-state index in [0.29, 0.717) is 0 Å². The minimum atomic E-state index is 1.20. The molecule has 168 valence electrons. The molecule has 0 spiro atoms. The highest BCUT2D eigenvalue weighted by atomic mass is 32.1. The topological polar surface area (TPSA) is 4.93 Å². The molecule has 36 heavy (non-hydrogen) atoms. The monoisotopic (exact) mass is 475 g/mol. The number of hydrogen-bond acceptors (Lipinski definition) is 1. The van der Waals surface area contributed by atoms with Crippen molar-refractivity contribution in [2.24, 2.45) is 0 Å². The zero-order valence-electron chi connectivity index (χ0n) is 19.5. The number of benzene rings is 6. The Bertz CT molecular complexity index is 2090. The fourth-order valence-electron chi connectivity index (χ4n) is 5.68. The number of hydrogen-bond donors (Lipinski definition) is 0. The molecule has 0 radical (unpaired) electrons. The molecule has 0 bridgehead atoms. The highest BCUT2D eigenvalue weighted by Crippen LogP contribution is 2.43. The van der Waals surface area contributed by atoms with Gasteiger partial charge in [0.15, 0.2) is 0 Å². The maximum atomic E-state index is 2.47. The summed E-state index contributed by atoms with van der Waals surface area (Å²) < 4.78 is 5.16. The predicted octanol–water partition coefficient (Wildman–Crippen LogP) is 9.97. The molecule has 0 aliphatic heterocycles. The van der Waals surface area contributed by atoms with E-state index in [0.717, 1.165) is 0 Å². The first-order chi connectivity index (χ1) is 17.8. The predicted molar refractivity (Wildman–Crippen MR) is 157 cm³/mol. The quantitative estimate of drug-likeness (QED) is 0.234. The number of thiophene rings is 1. The summed E-state index contributed by atoms with van der Waals surface area (Å²) in [6, 6.07) is 46.4. The molecule has 0 saturated heterocycles. The number of para-hydroxylation sites is 1. The summed E-state index contributed by atoms with van der Waals surface area (Å²) in [5, 5.41) is 7.78. The van der Waals surface area contributed by atoms with E-state index >= 15 is 0 Å². The molecule has 0 unspecified atom stereocenters. The Labute approximate surface area is 212 Å². The standard InChI is InChI=1S/C34H21NS/c1-2-8-22(9-3-1)24-15-14-23-16-17-26(21-25(23)20-24)35-31-12-6-4-10-27(31)29-18-19-30-28-11-5-7-13-32(28)36-34(30)33(29)35/h1-21H. The van der Waals surface area contributed by atoms with Gasteiger partial charge in [-0.2, -0.15) is 0 Å². The lowest BCUT2D eigenvalue weighted by atomic mass is 10.0. The molecule has 2 heteroatoms. The first-order valence-electron chi connectivity index (χ1n) is 12.3. The van der Waals surface area contributed by atoms with Crippen LogP contribution in [0.5, 0.6) is 0 Å². The fourth-order valence-corrected chi connectivity index (χ4v) is 6.92.